The maximum atomic E-state index is 11.4. The summed E-state index contributed by atoms with van der Waals surface area (Å²) < 4.78 is 7.35. The number of ether oxygens (including phenoxy) is 1. The van der Waals surface area contributed by atoms with Crippen LogP contribution in [-0.2, 0) is 4.74 Å². The molecule has 0 radical (unpaired) electrons. The Morgan fingerprint density at radius 2 is 2.35 bits per heavy atom. The van der Waals surface area contributed by atoms with Crippen LogP contribution in [0, 0.1) is 6.92 Å². The number of aromatic carboxylic acids is 1. The first-order chi connectivity index (χ1) is 9.58. The van der Waals surface area contributed by atoms with E-state index in [-0.39, 0.29) is 16.9 Å². The van der Waals surface area contributed by atoms with Gasteiger partial charge in [-0.1, -0.05) is 11.6 Å². The van der Waals surface area contributed by atoms with Crippen molar-refractivity contribution in [3.05, 3.63) is 22.5 Å². The van der Waals surface area contributed by atoms with E-state index < -0.39 is 5.97 Å². The highest BCUT2D eigenvalue weighted by atomic mass is 35.5. The van der Waals surface area contributed by atoms with Crippen molar-refractivity contribution in [2.75, 3.05) is 6.61 Å². The Kier molecular flexibility index (Phi) is 3.35. The largest absolute Gasteiger partial charge is 0.478 e. The molecule has 2 aromatic rings. The summed E-state index contributed by atoms with van der Waals surface area (Å²) in [4.78, 5) is 15.6. The molecule has 20 heavy (non-hydrogen) atoms. The number of nitrogens with zero attached hydrogens (tertiary/aromatic N) is 3. The lowest BCUT2D eigenvalue weighted by molar-refractivity contribution is -0.0371. The van der Waals surface area contributed by atoms with E-state index in [2.05, 4.69) is 10.1 Å². The molecule has 3 heterocycles. The molecule has 0 aromatic carbocycles. The molecule has 2 aromatic heterocycles. The van der Waals surface area contributed by atoms with E-state index in [1.54, 1.807) is 11.6 Å². The number of carbonyl (C=O) groups is 1. The fraction of sp³-hybridized carbons (Fsp3) is 0.462. The Bertz CT molecular complexity index is 677. The van der Waals surface area contributed by atoms with Crippen molar-refractivity contribution in [1.29, 1.82) is 0 Å². The molecule has 1 unspecified atom stereocenters. The number of hydrogen-bond donors (Lipinski definition) is 1. The van der Waals surface area contributed by atoms with Gasteiger partial charge in [0.2, 0.25) is 0 Å². The highest BCUT2D eigenvalue weighted by molar-refractivity contribution is 6.30. The van der Waals surface area contributed by atoms with E-state index in [4.69, 9.17) is 16.3 Å². The molecular weight excluding hydrogens is 282 g/mol. The summed E-state index contributed by atoms with van der Waals surface area (Å²) in [6.45, 7) is 2.45. The van der Waals surface area contributed by atoms with Gasteiger partial charge in [-0.3, -0.25) is 0 Å². The number of carboxylic acid groups (broad SMARTS) is 1. The number of pyridine rings is 1. The lowest BCUT2D eigenvalue weighted by Crippen LogP contribution is -2.19. The summed E-state index contributed by atoms with van der Waals surface area (Å²) in [5.74, 6) is -1.04. The smallest absolute Gasteiger partial charge is 0.336 e. The Morgan fingerprint density at radius 3 is 3.00 bits per heavy atom. The standard InChI is InChI=1S/C13H14ClN3O3/c1-7-11-8(13(18)19)6-9(14)15-12(11)17(16-7)10-4-2-3-5-20-10/h6,10H,2-5H2,1H3,(H,18,19). The first-order valence-electron chi connectivity index (χ1n) is 6.48. The van der Waals surface area contributed by atoms with Crippen LogP contribution in [0.4, 0.5) is 0 Å². The Balaban J connectivity index is 2.21. The van der Waals surface area contributed by atoms with E-state index in [0.29, 0.717) is 23.3 Å². The molecule has 1 N–H and O–H groups in total. The van der Waals surface area contributed by atoms with E-state index in [0.717, 1.165) is 19.3 Å². The van der Waals surface area contributed by atoms with Crippen molar-refractivity contribution in [2.24, 2.45) is 0 Å². The maximum absolute atomic E-state index is 11.4. The molecule has 0 saturated carbocycles. The first-order valence-corrected chi connectivity index (χ1v) is 6.86. The molecule has 1 aliphatic rings. The van der Waals surface area contributed by atoms with Crippen molar-refractivity contribution in [1.82, 2.24) is 14.8 Å². The molecule has 1 fully saturated rings. The van der Waals surface area contributed by atoms with Crippen molar-refractivity contribution < 1.29 is 14.6 Å². The van der Waals surface area contributed by atoms with Gasteiger partial charge < -0.3 is 9.84 Å². The molecule has 1 saturated heterocycles. The fourth-order valence-electron chi connectivity index (χ4n) is 2.57. The van der Waals surface area contributed by atoms with Crippen molar-refractivity contribution in [3.8, 4) is 0 Å². The van der Waals surface area contributed by atoms with Crippen LogP contribution in [0.25, 0.3) is 11.0 Å². The van der Waals surface area contributed by atoms with Gasteiger partial charge >= 0.3 is 5.97 Å². The fourth-order valence-corrected chi connectivity index (χ4v) is 2.76. The lowest BCUT2D eigenvalue weighted by atomic mass is 10.1. The molecule has 0 spiro atoms. The summed E-state index contributed by atoms with van der Waals surface area (Å²) in [6, 6.07) is 1.35. The molecule has 3 rings (SSSR count). The highest BCUT2D eigenvalue weighted by Crippen LogP contribution is 2.30. The zero-order valence-corrected chi connectivity index (χ0v) is 11.7. The molecule has 1 aliphatic heterocycles. The first kappa shape index (κ1) is 13.3. The number of hydrogen-bond acceptors (Lipinski definition) is 4. The minimum absolute atomic E-state index is 0.125. The van der Waals surface area contributed by atoms with Gasteiger partial charge in [0.05, 0.1) is 16.6 Å². The monoisotopic (exact) mass is 295 g/mol. The molecule has 0 amide bonds. The second-order valence-electron chi connectivity index (χ2n) is 4.85. The van der Waals surface area contributed by atoms with Crippen LogP contribution in [0.1, 0.15) is 41.5 Å². The molecule has 0 aliphatic carbocycles. The number of aromatic nitrogens is 3. The third kappa shape index (κ3) is 2.14. The number of fused-ring (bicyclic) bond motifs is 1. The maximum Gasteiger partial charge on any atom is 0.336 e. The number of carboxylic acids is 1. The SMILES string of the molecule is Cc1nn(C2CCCCO2)c2nc(Cl)cc(C(=O)O)c12. The van der Waals surface area contributed by atoms with Gasteiger partial charge in [0, 0.05) is 6.61 Å². The van der Waals surface area contributed by atoms with Gasteiger partial charge in [-0.15, -0.1) is 0 Å². The van der Waals surface area contributed by atoms with Crippen LogP contribution in [0.5, 0.6) is 0 Å². The summed E-state index contributed by atoms with van der Waals surface area (Å²) in [5.41, 5.74) is 1.22. The van der Waals surface area contributed by atoms with E-state index in [9.17, 15) is 9.90 Å². The van der Waals surface area contributed by atoms with Crippen LogP contribution in [-0.4, -0.2) is 32.4 Å². The number of rotatable bonds is 2. The van der Waals surface area contributed by atoms with Crippen LogP contribution in [0.15, 0.2) is 6.07 Å². The van der Waals surface area contributed by atoms with Gasteiger partial charge in [0.1, 0.15) is 5.15 Å². The third-order valence-electron chi connectivity index (χ3n) is 3.46. The normalized spacial score (nSPS) is 19.4. The quantitative estimate of drug-likeness (QED) is 0.862. The van der Waals surface area contributed by atoms with Gasteiger partial charge in [-0.05, 0) is 32.3 Å². The highest BCUT2D eigenvalue weighted by Gasteiger charge is 2.24. The second kappa shape index (κ2) is 5.03. The van der Waals surface area contributed by atoms with Gasteiger partial charge in [-0.2, -0.15) is 5.10 Å². The molecule has 0 bridgehead atoms. The van der Waals surface area contributed by atoms with Gasteiger partial charge in [-0.25, -0.2) is 14.5 Å². The minimum Gasteiger partial charge on any atom is -0.478 e. The van der Waals surface area contributed by atoms with Crippen molar-refractivity contribution in [3.63, 3.8) is 0 Å². The van der Waals surface area contributed by atoms with E-state index >= 15 is 0 Å². The average Bonchev–Trinajstić information content (AvgIpc) is 2.76. The lowest BCUT2D eigenvalue weighted by Gasteiger charge is -2.23. The summed E-state index contributed by atoms with van der Waals surface area (Å²) >= 11 is 5.93. The van der Waals surface area contributed by atoms with Crippen LogP contribution >= 0.6 is 11.6 Å². The third-order valence-corrected chi connectivity index (χ3v) is 3.66. The number of halogens is 1. The zero-order valence-electron chi connectivity index (χ0n) is 11.0. The van der Waals surface area contributed by atoms with Crippen molar-refractivity contribution in [2.45, 2.75) is 32.4 Å². The Morgan fingerprint density at radius 1 is 1.55 bits per heavy atom. The van der Waals surface area contributed by atoms with E-state index in [1.807, 2.05) is 0 Å². The second-order valence-corrected chi connectivity index (χ2v) is 5.23. The van der Waals surface area contributed by atoms with Crippen LogP contribution < -0.4 is 0 Å². The molecule has 106 valence electrons. The molecule has 1 atom stereocenters. The number of aryl methyl sites for hydroxylation is 1. The minimum atomic E-state index is -1.04. The molecule has 6 nitrogen and oxygen atoms in total. The van der Waals surface area contributed by atoms with Crippen LogP contribution in [0.2, 0.25) is 5.15 Å². The molecular formula is C13H14ClN3O3. The Hall–Kier alpha value is -1.66. The topological polar surface area (TPSA) is 77.2 Å². The van der Waals surface area contributed by atoms with Gasteiger partial charge in [0.25, 0.3) is 0 Å². The Labute approximate surface area is 120 Å². The van der Waals surface area contributed by atoms with Crippen molar-refractivity contribution >= 4 is 28.6 Å². The zero-order chi connectivity index (χ0) is 14.3. The predicted molar refractivity (Wildman–Crippen MR) is 73.1 cm³/mol. The summed E-state index contributed by atoms with van der Waals surface area (Å²) in [5, 5.41) is 14.4. The van der Waals surface area contributed by atoms with Gasteiger partial charge in [0.15, 0.2) is 11.9 Å². The summed E-state index contributed by atoms with van der Waals surface area (Å²) in [6.07, 6.45) is 2.72. The van der Waals surface area contributed by atoms with E-state index in [1.165, 1.54) is 6.07 Å². The average molecular weight is 296 g/mol. The predicted octanol–water partition coefficient (Wildman–Crippen LogP) is 2.79. The molecule has 7 heteroatoms. The van der Waals surface area contributed by atoms with Crippen LogP contribution in [0.3, 0.4) is 0 Å². The summed E-state index contributed by atoms with van der Waals surface area (Å²) in [7, 11) is 0.